The van der Waals surface area contributed by atoms with Crippen molar-refractivity contribution in [1.29, 1.82) is 0 Å². The summed E-state index contributed by atoms with van der Waals surface area (Å²) in [5.41, 5.74) is 0.704. The largest absolute Gasteiger partial charge is 0.238 e. The smallest absolute Gasteiger partial charge is 0.225 e. The molecule has 90 valence electrons. The standard InChI is InChI=1S/C11H16ClNO2S/c1-3-9(8(2)12)10-6-4-5-7-11(10)16(13,14)15/h4-9H,3H2,1-2H3,(H2,13,14,15). The van der Waals surface area contributed by atoms with Crippen molar-refractivity contribution in [2.45, 2.75) is 36.5 Å². The summed E-state index contributed by atoms with van der Waals surface area (Å²) >= 11 is 6.06. The molecule has 2 unspecified atom stereocenters. The molecular weight excluding hydrogens is 246 g/mol. The number of alkyl halides is 1. The molecule has 1 aromatic rings. The molecule has 2 atom stereocenters. The first-order valence-corrected chi connectivity index (χ1v) is 7.12. The molecule has 0 saturated heterocycles. The van der Waals surface area contributed by atoms with E-state index in [1.165, 1.54) is 6.07 Å². The lowest BCUT2D eigenvalue weighted by Gasteiger charge is -2.20. The molecule has 0 aliphatic rings. The average molecular weight is 262 g/mol. The maximum atomic E-state index is 11.4. The van der Waals surface area contributed by atoms with E-state index in [-0.39, 0.29) is 16.2 Å². The van der Waals surface area contributed by atoms with Crippen LogP contribution in [0.4, 0.5) is 0 Å². The molecule has 0 aliphatic carbocycles. The second kappa shape index (κ2) is 5.17. The van der Waals surface area contributed by atoms with Crippen LogP contribution in [-0.2, 0) is 10.0 Å². The highest BCUT2D eigenvalue weighted by Gasteiger charge is 2.22. The number of hydrogen-bond donors (Lipinski definition) is 1. The van der Waals surface area contributed by atoms with Gasteiger partial charge < -0.3 is 0 Å². The zero-order valence-corrected chi connectivity index (χ0v) is 10.9. The summed E-state index contributed by atoms with van der Waals surface area (Å²) in [6.07, 6.45) is 0.775. The topological polar surface area (TPSA) is 60.2 Å². The second-order valence-electron chi connectivity index (χ2n) is 3.78. The van der Waals surface area contributed by atoms with E-state index in [9.17, 15) is 8.42 Å². The molecule has 0 aliphatic heterocycles. The van der Waals surface area contributed by atoms with E-state index in [0.717, 1.165) is 6.42 Å². The fourth-order valence-corrected chi connectivity index (χ4v) is 2.97. The molecule has 1 aromatic carbocycles. The van der Waals surface area contributed by atoms with Crippen molar-refractivity contribution in [1.82, 2.24) is 0 Å². The molecule has 16 heavy (non-hydrogen) atoms. The minimum atomic E-state index is -3.68. The fourth-order valence-electron chi connectivity index (χ4n) is 1.84. The molecule has 1 rings (SSSR count). The summed E-state index contributed by atoms with van der Waals surface area (Å²) < 4.78 is 22.9. The van der Waals surface area contributed by atoms with Crippen LogP contribution in [0.15, 0.2) is 29.2 Å². The number of rotatable bonds is 4. The number of halogens is 1. The summed E-state index contributed by atoms with van der Waals surface area (Å²) in [7, 11) is -3.68. The van der Waals surface area contributed by atoms with Crippen LogP contribution in [0, 0.1) is 0 Å². The summed E-state index contributed by atoms with van der Waals surface area (Å²) in [5, 5.41) is 5.05. The van der Waals surface area contributed by atoms with Gasteiger partial charge in [-0.25, -0.2) is 13.6 Å². The van der Waals surface area contributed by atoms with E-state index < -0.39 is 10.0 Å². The van der Waals surface area contributed by atoms with Crippen molar-refractivity contribution < 1.29 is 8.42 Å². The predicted octanol–water partition coefficient (Wildman–Crippen LogP) is 2.45. The lowest BCUT2D eigenvalue weighted by molar-refractivity contribution is 0.589. The predicted molar refractivity (Wildman–Crippen MR) is 66.2 cm³/mol. The van der Waals surface area contributed by atoms with Gasteiger partial charge in [0, 0.05) is 11.3 Å². The Morgan fingerprint density at radius 2 is 1.94 bits per heavy atom. The van der Waals surface area contributed by atoms with Gasteiger partial charge in [-0.05, 0) is 25.0 Å². The van der Waals surface area contributed by atoms with E-state index in [1.807, 2.05) is 13.8 Å². The highest BCUT2D eigenvalue weighted by molar-refractivity contribution is 7.89. The maximum Gasteiger partial charge on any atom is 0.238 e. The molecule has 0 heterocycles. The molecular formula is C11H16ClNO2S. The van der Waals surface area contributed by atoms with Gasteiger partial charge in [-0.1, -0.05) is 25.1 Å². The van der Waals surface area contributed by atoms with Crippen LogP contribution in [0.1, 0.15) is 31.7 Å². The Morgan fingerprint density at radius 1 is 1.38 bits per heavy atom. The van der Waals surface area contributed by atoms with Crippen LogP contribution in [0.25, 0.3) is 0 Å². The fraction of sp³-hybridized carbons (Fsp3) is 0.455. The minimum absolute atomic E-state index is 0.00353. The zero-order chi connectivity index (χ0) is 12.3. The van der Waals surface area contributed by atoms with Crippen molar-refractivity contribution in [3.63, 3.8) is 0 Å². The van der Waals surface area contributed by atoms with Crippen molar-refractivity contribution in [2.75, 3.05) is 0 Å². The van der Waals surface area contributed by atoms with Crippen molar-refractivity contribution >= 4 is 21.6 Å². The Labute approximate surface area is 102 Å². The van der Waals surface area contributed by atoms with Gasteiger partial charge in [-0.15, -0.1) is 11.6 Å². The third-order valence-corrected chi connectivity index (χ3v) is 3.91. The third kappa shape index (κ3) is 2.97. The lowest BCUT2D eigenvalue weighted by atomic mass is 9.94. The Balaban J connectivity index is 3.33. The molecule has 0 saturated carbocycles. The van der Waals surface area contributed by atoms with Crippen LogP contribution in [0.3, 0.4) is 0 Å². The molecule has 0 amide bonds. The quantitative estimate of drug-likeness (QED) is 0.847. The minimum Gasteiger partial charge on any atom is -0.225 e. The lowest BCUT2D eigenvalue weighted by Crippen LogP contribution is -2.18. The number of benzene rings is 1. The van der Waals surface area contributed by atoms with Gasteiger partial charge in [0.05, 0.1) is 4.90 Å². The van der Waals surface area contributed by atoms with Crippen LogP contribution in [-0.4, -0.2) is 13.8 Å². The maximum absolute atomic E-state index is 11.4. The average Bonchev–Trinajstić information content (AvgIpc) is 2.17. The molecule has 0 radical (unpaired) electrons. The van der Waals surface area contributed by atoms with Crippen LogP contribution in [0.5, 0.6) is 0 Å². The first-order valence-electron chi connectivity index (χ1n) is 5.13. The summed E-state index contributed by atoms with van der Waals surface area (Å²) in [6, 6.07) is 6.75. The Morgan fingerprint density at radius 3 is 2.38 bits per heavy atom. The van der Waals surface area contributed by atoms with Crippen LogP contribution >= 0.6 is 11.6 Å². The van der Waals surface area contributed by atoms with E-state index >= 15 is 0 Å². The Bertz CT molecular complexity index is 457. The third-order valence-electron chi connectivity index (χ3n) is 2.62. The van der Waals surface area contributed by atoms with E-state index in [0.29, 0.717) is 5.56 Å². The Kier molecular flexibility index (Phi) is 4.35. The highest BCUT2D eigenvalue weighted by atomic mass is 35.5. The van der Waals surface area contributed by atoms with Gasteiger partial charge in [0.15, 0.2) is 0 Å². The first kappa shape index (κ1) is 13.5. The van der Waals surface area contributed by atoms with Crippen LogP contribution in [0.2, 0.25) is 0 Å². The van der Waals surface area contributed by atoms with Gasteiger partial charge in [-0.3, -0.25) is 0 Å². The van der Waals surface area contributed by atoms with Gasteiger partial charge in [0.1, 0.15) is 0 Å². The molecule has 0 aromatic heterocycles. The zero-order valence-electron chi connectivity index (χ0n) is 9.35. The second-order valence-corrected chi connectivity index (χ2v) is 5.99. The summed E-state index contributed by atoms with van der Waals surface area (Å²) in [5.74, 6) is -0.00353. The van der Waals surface area contributed by atoms with Gasteiger partial charge in [0.2, 0.25) is 10.0 Å². The number of sulfonamides is 1. The summed E-state index contributed by atoms with van der Waals surface area (Å²) in [6.45, 7) is 3.83. The Hall–Kier alpha value is -0.580. The highest BCUT2D eigenvalue weighted by Crippen LogP contribution is 2.31. The van der Waals surface area contributed by atoms with Crippen molar-refractivity contribution in [2.24, 2.45) is 5.14 Å². The van der Waals surface area contributed by atoms with Crippen LogP contribution < -0.4 is 5.14 Å². The van der Waals surface area contributed by atoms with Crippen molar-refractivity contribution in [3.05, 3.63) is 29.8 Å². The van der Waals surface area contributed by atoms with Gasteiger partial charge in [0.25, 0.3) is 0 Å². The molecule has 0 spiro atoms. The number of nitrogens with two attached hydrogens (primary N) is 1. The van der Waals surface area contributed by atoms with Gasteiger partial charge in [-0.2, -0.15) is 0 Å². The van der Waals surface area contributed by atoms with Gasteiger partial charge >= 0.3 is 0 Å². The van der Waals surface area contributed by atoms with E-state index in [1.54, 1.807) is 18.2 Å². The SMILES string of the molecule is CCC(c1ccccc1S(N)(=O)=O)C(C)Cl. The number of primary sulfonamides is 1. The van der Waals surface area contributed by atoms with E-state index in [2.05, 4.69) is 0 Å². The van der Waals surface area contributed by atoms with Crippen molar-refractivity contribution in [3.8, 4) is 0 Å². The van der Waals surface area contributed by atoms with E-state index in [4.69, 9.17) is 16.7 Å². The monoisotopic (exact) mass is 261 g/mol. The molecule has 5 heteroatoms. The summed E-state index contributed by atoms with van der Waals surface area (Å²) in [4.78, 5) is 0.175. The molecule has 0 bridgehead atoms. The number of hydrogen-bond acceptors (Lipinski definition) is 2. The first-order chi connectivity index (χ1) is 7.38. The molecule has 2 N–H and O–H groups in total. The molecule has 0 fully saturated rings. The molecule has 3 nitrogen and oxygen atoms in total. The normalized spacial score (nSPS) is 15.8.